The Labute approximate surface area is 130 Å². The van der Waals surface area contributed by atoms with E-state index in [9.17, 15) is 14.7 Å². The van der Waals surface area contributed by atoms with Gasteiger partial charge in [-0.1, -0.05) is 30.3 Å². The van der Waals surface area contributed by atoms with Crippen LogP contribution in [0.15, 0.2) is 30.3 Å². The first-order valence-electron chi connectivity index (χ1n) is 7.13. The molecule has 0 heterocycles. The molecule has 0 fully saturated rings. The van der Waals surface area contributed by atoms with Crippen molar-refractivity contribution in [3.05, 3.63) is 35.9 Å². The van der Waals surface area contributed by atoms with Crippen molar-refractivity contribution in [2.24, 2.45) is 0 Å². The van der Waals surface area contributed by atoms with Crippen molar-refractivity contribution in [2.45, 2.75) is 18.8 Å². The minimum Gasteiger partial charge on any atom is -0.481 e. The molecule has 1 rings (SSSR count). The Morgan fingerprint density at radius 1 is 1.18 bits per heavy atom. The van der Waals surface area contributed by atoms with Crippen molar-refractivity contribution in [3.8, 4) is 0 Å². The zero-order chi connectivity index (χ0) is 16.4. The summed E-state index contributed by atoms with van der Waals surface area (Å²) < 4.78 is 10.0. The third-order valence-corrected chi connectivity index (χ3v) is 3.43. The Morgan fingerprint density at radius 3 is 2.45 bits per heavy atom. The molecule has 6 nitrogen and oxygen atoms in total. The smallest absolute Gasteiger partial charge is 0.315 e. The lowest BCUT2D eigenvalue weighted by Gasteiger charge is -2.25. The molecular weight excluding hydrogens is 286 g/mol. The highest BCUT2D eigenvalue weighted by Gasteiger charge is 2.35. The molecule has 0 saturated carbocycles. The highest BCUT2D eigenvalue weighted by molar-refractivity contribution is 5.83. The molecule has 0 saturated heterocycles. The number of ether oxygens (including phenoxy) is 2. The van der Waals surface area contributed by atoms with Crippen LogP contribution in [0.3, 0.4) is 0 Å². The number of hydrogen-bond donors (Lipinski definition) is 2. The molecule has 0 aliphatic rings. The number of rotatable bonds is 10. The number of aliphatic carboxylic acids is 1. The summed E-state index contributed by atoms with van der Waals surface area (Å²) in [5.41, 5.74) is -0.507. The standard InChI is InChI=1S/C16H23NO5/c1-16(15(19)20,13-6-4-3-5-7-13)12-17-14(18)8-9-22-11-10-21-2/h3-7H,8-12H2,1-2H3,(H,17,18)(H,19,20). The van der Waals surface area contributed by atoms with Crippen LogP contribution >= 0.6 is 0 Å². The van der Waals surface area contributed by atoms with Crippen LogP contribution in [0.25, 0.3) is 0 Å². The van der Waals surface area contributed by atoms with Crippen LogP contribution in [0.2, 0.25) is 0 Å². The molecule has 1 atom stereocenters. The molecule has 0 radical (unpaired) electrons. The van der Waals surface area contributed by atoms with Crippen LogP contribution in [-0.2, 0) is 24.5 Å². The average molecular weight is 309 g/mol. The summed E-state index contributed by atoms with van der Waals surface area (Å²) in [5.74, 6) is -1.21. The fourth-order valence-electron chi connectivity index (χ4n) is 1.88. The Balaban J connectivity index is 2.48. The lowest BCUT2D eigenvalue weighted by Crippen LogP contribution is -2.44. The summed E-state index contributed by atoms with van der Waals surface area (Å²) in [6.45, 7) is 2.82. The molecule has 1 aromatic carbocycles. The van der Waals surface area contributed by atoms with Gasteiger partial charge in [-0.05, 0) is 12.5 Å². The second-order valence-corrected chi connectivity index (χ2v) is 5.14. The fraction of sp³-hybridized carbons (Fsp3) is 0.500. The Kier molecular flexibility index (Phi) is 7.56. The Morgan fingerprint density at radius 2 is 1.86 bits per heavy atom. The van der Waals surface area contributed by atoms with Gasteiger partial charge in [0.15, 0.2) is 0 Å². The molecular formula is C16H23NO5. The Hall–Kier alpha value is -1.92. The molecule has 0 aliphatic heterocycles. The minimum absolute atomic E-state index is 0.0310. The van der Waals surface area contributed by atoms with E-state index >= 15 is 0 Å². The van der Waals surface area contributed by atoms with Crippen LogP contribution in [0, 0.1) is 0 Å². The number of amides is 1. The number of carboxylic acid groups (broad SMARTS) is 1. The molecule has 6 heteroatoms. The molecule has 0 aliphatic carbocycles. The second kappa shape index (κ2) is 9.17. The summed E-state index contributed by atoms with van der Waals surface area (Å²) in [7, 11) is 1.58. The zero-order valence-electron chi connectivity index (χ0n) is 13.0. The third kappa shape index (κ3) is 5.46. The van der Waals surface area contributed by atoms with Crippen LogP contribution in [0.1, 0.15) is 18.9 Å². The van der Waals surface area contributed by atoms with E-state index in [2.05, 4.69) is 5.32 Å². The topological polar surface area (TPSA) is 84.9 Å². The van der Waals surface area contributed by atoms with Gasteiger partial charge in [-0.15, -0.1) is 0 Å². The van der Waals surface area contributed by atoms with Gasteiger partial charge in [-0.3, -0.25) is 9.59 Å². The molecule has 0 bridgehead atoms. The number of methoxy groups -OCH3 is 1. The van der Waals surface area contributed by atoms with Gasteiger partial charge in [0.2, 0.25) is 5.91 Å². The van der Waals surface area contributed by atoms with Crippen molar-refractivity contribution in [2.75, 3.05) is 33.5 Å². The van der Waals surface area contributed by atoms with Crippen molar-refractivity contribution in [3.63, 3.8) is 0 Å². The summed E-state index contributed by atoms with van der Waals surface area (Å²) in [6.07, 6.45) is 0.189. The first-order chi connectivity index (χ1) is 10.5. The van der Waals surface area contributed by atoms with Gasteiger partial charge in [0.25, 0.3) is 0 Å². The van der Waals surface area contributed by atoms with E-state index < -0.39 is 11.4 Å². The molecule has 1 amide bonds. The van der Waals surface area contributed by atoms with E-state index in [1.807, 2.05) is 6.07 Å². The van der Waals surface area contributed by atoms with E-state index in [4.69, 9.17) is 9.47 Å². The van der Waals surface area contributed by atoms with Crippen LogP contribution in [0.5, 0.6) is 0 Å². The van der Waals surface area contributed by atoms with Gasteiger partial charge >= 0.3 is 5.97 Å². The van der Waals surface area contributed by atoms with Gasteiger partial charge in [0.05, 0.1) is 19.8 Å². The highest BCUT2D eigenvalue weighted by atomic mass is 16.5. The van der Waals surface area contributed by atoms with Gasteiger partial charge in [0, 0.05) is 20.1 Å². The quantitative estimate of drug-likeness (QED) is 0.634. The third-order valence-electron chi connectivity index (χ3n) is 3.43. The van der Waals surface area contributed by atoms with Crippen molar-refractivity contribution in [1.82, 2.24) is 5.32 Å². The molecule has 0 aromatic heterocycles. The van der Waals surface area contributed by atoms with Crippen molar-refractivity contribution >= 4 is 11.9 Å². The fourth-order valence-corrected chi connectivity index (χ4v) is 1.88. The second-order valence-electron chi connectivity index (χ2n) is 5.14. The molecule has 122 valence electrons. The Bertz CT molecular complexity index is 477. The summed E-state index contributed by atoms with van der Waals surface area (Å²) in [5, 5.41) is 12.1. The predicted octanol–water partition coefficient (Wildman–Crippen LogP) is 1.20. The molecule has 0 spiro atoms. The highest BCUT2D eigenvalue weighted by Crippen LogP contribution is 2.23. The minimum atomic E-state index is -1.16. The summed E-state index contributed by atoms with van der Waals surface area (Å²) in [4.78, 5) is 23.3. The molecule has 1 aromatic rings. The number of carboxylic acids is 1. The summed E-state index contributed by atoms with van der Waals surface area (Å²) in [6, 6.07) is 8.87. The lowest BCUT2D eigenvalue weighted by molar-refractivity contribution is -0.143. The first-order valence-corrected chi connectivity index (χ1v) is 7.13. The summed E-state index contributed by atoms with van der Waals surface area (Å²) >= 11 is 0. The number of carbonyl (C=O) groups excluding carboxylic acids is 1. The van der Waals surface area contributed by atoms with Gasteiger partial charge in [-0.2, -0.15) is 0 Å². The number of benzene rings is 1. The predicted molar refractivity (Wildman–Crippen MR) is 81.8 cm³/mol. The van der Waals surface area contributed by atoms with Crippen molar-refractivity contribution < 1.29 is 24.2 Å². The van der Waals surface area contributed by atoms with E-state index in [0.29, 0.717) is 18.8 Å². The van der Waals surface area contributed by atoms with Crippen molar-refractivity contribution in [1.29, 1.82) is 0 Å². The van der Waals surface area contributed by atoms with Gasteiger partial charge in [-0.25, -0.2) is 0 Å². The van der Waals surface area contributed by atoms with E-state index in [1.54, 1.807) is 38.3 Å². The normalized spacial score (nSPS) is 13.4. The van der Waals surface area contributed by atoms with Crippen LogP contribution in [-0.4, -0.2) is 50.5 Å². The maximum Gasteiger partial charge on any atom is 0.315 e. The number of carbonyl (C=O) groups is 2. The largest absolute Gasteiger partial charge is 0.481 e. The van der Waals surface area contributed by atoms with Crippen LogP contribution in [0.4, 0.5) is 0 Å². The maximum absolute atomic E-state index is 11.8. The zero-order valence-corrected chi connectivity index (χ0v) is 13.0. The molecule has 1 unspecified atom stereocenters. The number of hydrogen-bond acceptors (Lipinski definition) is 4. The first kappa shape index (κ1) is 18.1. The molecule has 22 heavy (non-hydrogen) atoms. The van der Waals surface area contributed by atoms with Gasteiger partial charge < -0.3 is 19.9 Å². The van der Waals surface area contributed by atoms with Gasteiger partial charge in [0.1, 0.15) is 5.41 Å². The van der Waals surface area contributed by atoms with E-state index in [0.717, 1.165) is 0 Å². The SMILES string of the molecule is COCCOCCC(=O)NCC(C)(C(=O)O)c1ccccc1. The lowest BCUT2D eigenvalue weighted by atomic mass is 9.82. The molecule has 2 N–H and O–H groups in total. The maximum atomic E-state index is 11.8. The monoisotopic (exact) mass is 309 g/mol. The van der Waals surface area contributed by atoms with Crippen LogP contribution < -0.4 is 5.32 Å². The van der Waals surface area contributed by atoms with E-state index in [1.165, 1.54) is 0 Å². The van der Waals surface area contributed by atoms with E-state index in [-0.39, 0.29) is 25.5 Å². The average Bonchev–Trinajstić information content (AvgIpc) is 2.53. The number of nitrogens with one attached hydrogen (secondary N) is 1.